The van der Waals surface area contributed by atoms with E-state index in [1.165, 1.54) is 77.0 Å². The van der Waals surface area contributed by atoms with Crippen LogP contribution in [0.1, 0.15) is 239 Å². The van der Waals surface area contributed by atoms with Gasteiger partial charge in [-0.15, -0.1) is 0 Å². The Morgan fingerprint density at radius 1 is 0.313 bits per heavy atom. The first-order valence-corrected chi connectivity index (χ1v) is 27.4. The normalized spacial score (nSPS) is 12.9. The number of esters is 3. The van der Waals surface area contributed by atoms with Crippen molar-refractivity contribution < 1.29 is 28.6 Å². The number of allylic oxidation sites excluding steroid dienone is 18. The van der Waals surface area contributed by atoms with E-state index in [0.29, 0.717) is 19.3 Å². The number of hydrogen-bond acceptors (Lipinski definition) is 6. The zero-order chi connectivity index (χ0) is 48.6. The topological polar surface area (TPSA) is 78.9 Å². The highest BCUT2D eigenvalue weighted by Gasteiger charge is 2.19. The first-order chi connectivity index (χ1) is 33.0. The molecule has 0 heterocycles. The fraction of sp³-hybridized carbons (Fsp3) is 0.656. The molecule has 6 nitrogen and oxygen atoms in total. The molecule has 0 aliphatic rings. The van der Waals surface area contributed by atoms with Gasteiger partial charge in [-0.2, -0.15) is 0 Å². The molecule has 0 saturated carbocycles. The van der Waals surface area contributed by atoms with E-state index in [4.69, 9.17) is 14.2 Å². The lowest BCUT2D eigenvalue weighted by Crippen LogP contribution is -2.30. The summed E-state index contributed by atoms with van der Waals surface area (Å²) in [6.45, 7) is 6.40. The minimum absolute atomic E-state index is 0.113. The van der Waals surface area contributed by atoms with Crippen molar-refractivity contribution in [1.29, 1.82) is 0 Å². The Morgan fingerprint density at radius 3 is 1.04 bits per heavy atom. The van der Waals surface area contributed by atoms with E-state index < -0.39 is 6.10 Å². The molecule has 67 heavy (non-hydrogen) atoms. The lowest BCUT2D eigenvalue weighted by molar-refractivity contribution is -0.166. The van der Waals surface area contributed by atoms with Gasteiger partial charge in [0, 0.05) is 19.3 Å². The van der Waals surface area contributed by atoms with Gasteiger partial charge in [0.15, 0.2) is 6.10 Å². The Bertz CT molecular complexity index is 1390. The number of hydrogen-bond donors (Lipinski definition) is 0. The molecule has 0 amide bonds. The maximum atomic E-state index is 12.8. The minimum atomic E-state index is -0.821. The maximum absolute atomic E-state index is 12.8. The van der Waals surface area contributed by atoms with Crippen molar-refractivity contribution in [1.82, 2.24) is 0 Å². The van der Waals surface area contributed by atoms with Crippen molar-refractivity contribution >= 4 is 17.9 Å². The number of unbranched alkanes of at least 4 members (excludes halogenated alkanes) is 19. The van der Waals surface area contributed by atoms with Gasteiger partial charge in [-0.3, -0.25) is 14.4 Å². The van der Waals surface area contributed by atoms with E-state index in [1.54, 1.807) is 0 Å². The van der Waals surface area contributed by atoms with Gasteiger partial charge >= 0.3 is 17.9 Å². The summed E-state index contributed by atoms with van der Waals surface area (Å²) in [5.41, 5.74) is 0. The zero-order valence-electron chi connectivity index (χ0n) is 43.4. The molecule has 0 N–H and O–H groups in total. The molecule has 0 bridgehead atoms. The van der Waals surface area contributed by atoms with Crippen LogP contribution in [-0.2, 0) is 28.6 Å². The Kier molecular flexibility index (Phi) is 51.5. The Labute approximate surface area is 412 Å². The molecule has 0 aromatic carbocycles. The van der Waals surface area contributed by atoms with Crippen LogP contribution in [0.15, 0.2) is 109 Å². The molecular weight excluding hydrogens is 829 g/mol. The van der Waals surface area contributed by atoms with E-state index in [1.807, 2.05) is 6.08 Å². The lowest BCUT2D eigenvalue weighted by Gasteiger charge is -2.18. The quantitative estimate of drug-likeness (QED) is 0.0262. The monoisotopic (exact) mass is 929 g/mol. The minimum Gasteiger partial charge on any atom is -0.462 e. The predicted molar refractivity (Wildman–Crippen MR) is 288 cm³/mol. The van der Waals surface area contributed by atoms with Crippen molar-refractivity contribution in [2.75, 3.05) is 13.2 Å². The summed E-state index contributed by atoms with van der Waals surface area (Å²) in [7, 11) is 0. The highest BCUT2D eigenvalue weighted by Crippen LogP contribution is 2.13. The molecule has 0 fully saturated rings. The highest BCUT2D eigenvalue weighted by atomic mass is 16.6. The van der Waals surface area contributed by atoms with Crippen LogP contribution < -0.4 is 0 Å². The smallest absolute Gasteiger partial charge is 0.306 e. The van der Waals surface area contributed by atoms with Crippen LogP contribution in [0, 0.1) is 0 Å². The van der Waals surface area contributed by atoms with Crippen LogP contribution in [0.3, 0.4) is 0 Å². The lowest BCUT2D eigenvalue weighted by atomic mass is 10.1. The van der Waals surface area contributed by atoms with Crippen molar-refractivity contribution in [2.24, 2.45) is 0 Å². The summed E-state index contributed by atoms with van der Waals surface area (Å²) in [6.07, 6.45) is 73.7. The van der Waals surface area contributed by atoms with Crippen LogP contribution >= 0.6 is 0 Å². The molecule has 0 aliphatic heterocycles. The van der Waals surface area contributed by atoms with Gasteiger partial charge in [0.1, 0.15) is 13.2 Å². The standard InChI is InChI=1S/C61H100O6/c1-4-7-10-13-16-19-22-25-28-29-30-31-34-36-39-42-45-48-51-54-60(63)66-57-58(67-61(64)55-52-49-46-43-40-37-33-27-24-21-18-15-12-9-6-3)56-65-59(62)53-50-47-44-41-38-35-32-26-23-20-17-14-11-8-5-2/h7,10,16,18-19,21,25-28,30-33,36,39,45,48,58H,4-6,8-9,11-15,17,20,22-24,29,34-35,37-38,40-44,46-47,49-57H2,1-3H3/b10-7-,19-16-,21-18-,28-25-,31-30-,32-26-,33-27-,39-36-,48-45-/t58-/m1/s1. The van der Waals surface area contributed by atoms with Gasteiger partial charge in [0.25, 0.3) is 0 Å². The molecule has 0 aromatic rings. The molecule has 0 saturated heterocycles. The van der Waals surface area contributed by atoms with Crippen molar-refractivity contribution in [2.45, 2.75) is 245 Å². The third kappa shape index (κ3) is 52.9. The second-order valence-electron chi connectivity index (χ2n) is 17.7. The molecule has 0 spiro atoms. The van der Waals surface area contributed by atoms with Crippen LogP contribution in [0.5, 0.6) is 0 Å². The van der Waals surface area contributed by atoms with Gasteiger partial charge < -0.3 is 14.2 Å². The van der Waals surface area contributed by atoms with Crippen LogP contribution in [0.25, 0.3) is 0 Å². The number of carbonyl (C=O) groups is 3. The highest BCUT2D eigenvalue weighted by molar-refractivity contribution is 5.71. The molecule has 6 heteroatoms. The molecule has 0 aromatic heterocycles. The largest absolute Gasteiger partial charge is 0.462 e. The molecule has 0 radical (unpaired) electrons. The second kappa shape index (κ2) is 54.7. The van der Waals surface area contributed by atoms with Crippen molar-refractivity contribution in [3.05, 3.63) is 109 Å². The van der Waals surface area contributed by atoms with Crippen molar-refractivity contribution in [3.63, 3.8) is 0 Å². The number of carbonyl (C=O) groups excluding carboxylic acids is 3. The second-order valence-corrected chi connectivity index (χ2v) is 17.7. The molecule has 380 valence electrons. The molecule has 1 atom stereocenters. The summed E-state index contributed by atoms with van der Waals surface area (Å²) in [5, 5.41) is 0. The van der Waals surface area contributed by atoms with Gasteiger partial charge in [-0.1, -0.05) is 214 Å². The van der Waals surface area contributed by atoms with Crippen molar-refractivity contribution in [3.8, 4) is 0 Å². The summed E-state index contributed by atoms with van der Waals surface area (Å²) in [6, 6.07) is 0. The summed E-state index contributed by atoms with van der Waals surface area (Å²) >= 11 is 0. The first-order valence-electron chi connectivity index (χ1n) is 27.4. The van der Waals surface area contributed by atoms with Crippen LogP contribution in [0.4, 0.5) is 0 Å². The SMILES string of the molecule is CC/C=C\C/C=C\C/C=C\C/C=C\C/C=C\C/C=C\CCC(=O)OC[C@@H](COC(=O)CCCCCCC/C=C\CCCCCCCC)OC(=O)CCCCCCC/C=C\C/C=C\CCCCC. The Balaban J connectivity index is 4.55. The van der Waals surface area contributed by atoms with Gasteiger partial charge in [-0.05, 0) is 116 Å². The Hall–Kier alpha value is -3.93. The van der Waals surface area contributed by atoms with E-state index in [2.05, 4.69) is 124 Å². The predicted octanol–water partition coefficient (Wildman–Crippen LogP) is 18.3. The average molecular weight is 929 g/mol. The fourth-order valence-electron chi connectivity index (χ4n) is 7.14. The van der Waals surface area contributed by atoms with Crippen LogP contribution in [0.2, 0.25) is 0 Å². The van der Waals surface area contributed by atoms with E-state index in [0.717, 1.165) is 116 Å². The number of rotatable bonds is 48. The van der Waals surface area contributed by atoms with E-state index in [9.17, 15) is 14.4 Å². The zero-order valence-corrected chi connectivity index (χ0v) is 43.4. The fourth-order valence-corrected chi connectivity index (χ4v) is 7.14. The van der Waals surface area contributed by atoms with E-state index >= 15 is 0 Å². The maximum Gasteiger partial charge on any atom is 0.306 e. The number of ether oxygens (including phenoxy) is 3. The third-order valence-corrected chi connectivity index (χ3v) is 11.2. The van der Waals surface area contributed by atoms with Crippen LogP contribution in [-0.4, -0.2) is 37.2 Å². The van der Waals surface area contributed by atoms with Gasteiger partial charge in [0.05, 0.1) is 0 Å². The first kappa shape index (κ1) is 63.1. The average Bonchev–Trinajstić information content (AvgIpc) is 3.33. The van der Waals surface area contributed by atoms with E-state index in [-0.39, 0.29) is 37.5 Å². The summed E-state index contributed by atoms with van der Waals surface area (Å²) in [5.74, 6) is -1.02. The molecule has 0 rings (SSSR count). The molecule has 0 unspecified atom stereocenters. The summed E-state index contributed by atoms with van der Waals surface area (Å²) < 4.78 is 16.7. The van der Waals surface area contributed by atoms with Gasteiger partial charge in [0.2, 0.25) is 0 Å². The van der Waals surface area contributed by atoms with Gasteiger partial charge in [-0.25, -0.2) is 0 Å². The summed E-state index contributed by atoms with van der Waals surface area (Å²) in [4.78, 5) is 38.0. The molecule has 0 aliphatic carbocycles. The Morgan fingerprint density at radius 2 is 0.612 bits per heavy atom. The molecular formula is C61H100O6. The third-order valence-electron chi connectivity index (χ3n) is 11.2.